The van der Waals surface area contributed by atoms with E-state index in [9.17, 15) is 14.4 Å². The number of anilines is 2. The van der Waals surface area contributed by atoms with Crippen LogP contribution in [0.2, 0.25) is 5.02 Å². The first-order chi connectivity index (χ1) is 11.4. The topological polar surface area (TPSA) is 96.0 Å². The van der Waals surface area contributed by atoms with E-state index in [2.05, 4.69) is 15.7 Å². The average Bonchev–Trinajstić information content (AvgIpc) is 2.98. The highest BCUT2D eigenvalue weighted by Gasteiger charge is 2.56. The van der Waals surface area contributed by atoms with Crippen LogP contribution >= 0.6 is 11.6 Å². The summed E-state index contributed by atoms with van der Waals surface area (Å²) in [6.07, 6.45) is -0.135. The maximum absolute atomic E-state index is 12.9. The summed E-state index contributed by atoms with van der Waals surface area (Å²) < 4.78 is 1.58. The van der Waals surface area contributed by atoms with E-state index in [-0.39, 0.29) is 29.5 Å². The molecule has 124 valence electrons. The van der Waals surface area contributed by atoms with Gasteiger partial charge >= 0.3 is 0 Å². The molecule has 0 aliphatic carbocycles. The molecule has 0 saturated carbocycles. The first kappa shape index (κ1) is 15.0. The van der Waals surface area contributed by atoms with E-state index in [4.69, 9.17) is 11.6 Å². The van der Waals surface area contributed by atoms with Crippen molar-refractivity contribution in [2.45, 2.75) is 31.7 Å². The first-order valence-corrected chi connectivity index (χ1v) is 7.99. The Balaban J connectivity index is 2.10. The second-order valence-corrected chi connectivity index (χ2v) is 6.78. The number of aromatic nitrogens is 2. The fourth-order valence-electron chi connectivity index (χ4n) is 3.63. The van der Waals surface area contributed by atoms with Crippen LogP contribution in [0.25, 0.3) is 0 Å². The molecule has 0 bridgehead atoms. The molecule has 0 fully saturated rings. The molecular weight excluding hydrogens is 332 g/mol. The zero-order chi connectivity index (χ0) is 17.2. The molecule has 8 heteroatoms. The van der Waals surface area contributed by atoms with Crippen molar-refractivity contribution in [3.63, 3.8) is 0 Å². The van der Waals surface area contributed by atoms with Crippen LogP contribution in [0.5, 0.6) is 0 Å². The minimum absolute atomic E-state index is 0.0832. The number of halogens is 1. The third-order valence-electron chi connectivity index (χ3n) is 4.65. The standard InChI is InChI=1S/C16H15ClN4O3/c1-7(2)21-13-11(14(23)20-21)16(6-10(22)18-13)8-4-3-5-9(17)12(8)19-15(16)24/h3-5,7H,6H2,1-2H3,(H,18,22)(H,19,24)(H,20,23)/t16-/m1/s1. The smallest absolute Gasteiger partial charge is 0.270 e. The Morgan fingerprint density at radius 2 is 1.96 bits per heavy atom. The number of hydrogen-bond acceptors (Lipinski definition) is 3. The molecule has 1 aromatic carbocycles. The Labute approximate surface area is 142 Å². The molecule has 4 rings (SSSR count). The van der Waals surface area contributed by atoms with Crippen LogP contribution in [0.15, 0.2) is 23.0 Å². The number of fused-ring (bicyclic) bond motifs is 4. The predicted octanol–water partition coefficient (Wildman–Crippen LogP) is 1.99. The molecule has 0 saturated heterocycles. The van der Waals surface area contributed by atoms with Crippen molar-refractivity contribution in [3.05, 3.63) is 44.7 Å². The lowest BCUT2D eigenvalue weighted by Gasteiger charge is -2.31. The number of para-hydroxylation sites is 1. The number of aromatic amines is 1. The van der Waals surface area contributed by atoms with Crippen LogP contribution in [-0.4, -0.2) is 21.6 Å². The lowest BCUT2D eigenvalue weighted by Crippen LogP contribution is -2.46. The number of nitrogens with zero attached hydrogens (tertiary/aromatic N) is 1. The Morgan fingerprint density at radius 1 is 1.21 bits per heavy atom. The molecule has 3 N–H and O–H groups in total. The summed E-state index contributed by atoms with van der Waals surface area (Å²) in [7, 11) is 0. The van der Waals surface area contributed by atoms with Gasteiger partial charge in [0.2, 0.25) is 11.8 Å². The first-order valence-electron chi connectivity index (χ1n) is 7.61. The van der Waals surface area contributed by atoms with Gasteiger partial charge < -0.3 is 10.6 Å². The normalized spacial score (nSPS) is 21.7. The monoisotopic (exact) mass is 346 g/mol. The second-order valence-electron chi connectivity index (χ2n) is 6.38. The Hall–Kier alpha value is -2.54. The van der Waals surface area contributed by atoms with Crippen molar-refractivity contribution in [1.82, 2.24) is 9.78 Å². The number of carbonyl (C=O) groups is 2. The number of benzene rings is 1. The van der Waals surface area contributed by atoms with E-state index in [0.29, 0.717) is 22.1 Å². The second kappa shape index (κ2) is 4.73. The molecule has 2 aliphatic rings. The lowest BCUT2D eigenvalue weighted by molar-refractivity contribution is -0.125. The maximum atomic E-state index is 12.9. The summed E-state index contributed by atoms with van der Waals surface area (Å²) in [5.74, 6) is -0.387. The third kappa shape index (κ3) is 1.70. The average molecular weight is 347 g/mol. The van der Waals surface area contributed by atoms with Crippen LogP contribution in [0.4, 0.5) is 11.5 Å². The van der Waals surface area contributed by atoms with E-state index in [0.717, 1.165) is 0 Å². The summed E-state index contributed by atoms with van der Waals surface area (Å²) in [5.41, 5.74) is -0.466. The van der Waals surface area contributed by atoms with Gasteiger partial charge in [0.1, 0.15) is 11.2 Å². The molecule has 0 unspecified atom stereocenters. The molecule has 1 atom stereocenters. The van der Waals surface area contributed by atoms with Gasteiger partial charge in [-0.1, -0.05) is 23.7 Å². The van der Waals surface area contributed by atoms with E-state index < -0.39 is 11.3 Å². The molecule has 1 spiro atoms. The lowest BCUT2D eigenvalue weighted by atomic mass is 9.71. The SMILES string of the molecule is CC(C)n1[nH]c(=O)c2c1NC(=O)C[C@]21C(=O)Nc2c(Cl)cccc21. The third-order valence-corrected chi connectivity index (χ3v) is 4.97. The van der Waals surface area contributed by atoms with Gasteiger partial charge in [0.25, 0.3) is 5.56 Å². The highest BCUT2D eigenvalue weighted by molar-refractivity contribution is 6.35. The minimum atomic E-state index is -1.36. The summed E-state index contributed by atoms with van der Waals surface area (Å²) in [4.78, 5) is 37.9. The van der Waals surface area contributed by atoms with Gasteiger partial charge in [-0.3, -0.25) is 24.2 Å². The maximum Gasteiger partial charge on any atom is 0.270 e. The van der Waals surface area contributed by atoms with Gasteiger partial charge in [-0.25, -0.2) is 0 Å². The van der Waals surface area contributed by atoms with Gasteiger partial charge in [0.05, 0.1) is 22.7 Å². The summed E-state index contributed by atoms with van der Waals surface area (Å²) >= 11 is 6.19. The predicted molar refractivity (Wildman–Crippen MR) is 89.5 cm³/mol. The van der Waals surface area contributed by atoms with Crippen molar-refractivity contribution in [1.29, 1.82) is 0 Å². The van der Waals surface area contributed by atoms with Gasteiger partial charge in [-0.15, -0.1) is 0 Å². The Morgan fingerprint density at radius 3 is 2.67 bits per heavy atom. The van der Waals surface area contributed by atoms with Crippen molar-refractivity contribution < 1.29 is 9.59 Å². The highest BCUT2D eigenvalue weighted by atomic mass is 35.5. The number of amides is 2. The van der Waals surface area contributed by atoms with Crippen LogP contribution < -0.4 is 16.2 Å². The fraction of sp³-hybridized carbons (Fsp3) is 0.312. The number of hydrogen-bond donors (Lipinski definition) is 3. The number of carbonyl (C=O) groups excluding carboxylic acids is 2. The van der Waals surface area contributed by atoms with Crippen molar-refractivity contribution >= 4 is 34.9 Å². The molecule has 3 heterocycles. The molecule has 1 aromatic heterocycles. The highest BCUT2D eigenvalue weighted by Crippen LogP contribution is 2.50. The van der Waals surface area contributed by atoms with Crippen molar-refractivity contribution in [2.24, 2.45) is 0 Å². The van der Waals surface area contributed by atoms with E-state index in [1.807, 2.05) is 13.8 Å². The van der Waals surface area contributed by atoms with Crippen molar-refractivity contribution in [2.75, 3.05) is 10.6 Å². The summed E-state index contributed by atoms with van der Waals surface area (Å²) in [6.45, 7) is 3.76. The van der Waals surface area contributed by atoms with Gasteiger partial charge in [0.15, 0.2) is 0 Å². The zero-order valence-electron chi connectivity index (χ0n) is 13.1. The number of rotatable bonds is 1. The van der Waals surface area contributed by atoms with E-state index >= 15 is 0 Å². The Kier molecular flexibility index (Phi) is 2.96. The number of H-pyrrole nitrogens is 1. The molecule has 0 radical (unpaired) electrons. The fourth-order valence-corrected chi connectivity index (χ4v) is 3.86. The van der Waals surface area contributed by atoms with Gasteiger partial charge in [0, 0.05) is 6.04 Å². The molecule has 24 heavy (non-hydrogen) atoms. The van der Waals surface area contributed by atoms with Gasteiger partial charge in [-0.05, 0) is 25.5 Å². The molecule has 2 aliphatic heterocycles. The van der Waals surface area contributed by atoms with Crippen LogP contribution in [0.3, 0.4) is 0 Å². The van der Waals surface area contributed by atoms with Crippen LogP contribution in [-0.2, 0) is 15.0 Å². The molecule has 2 amide bonds. The van der Waals surface area contributed by atoms with E-state index in [1.54, 1.807) is 22.9 Å². The van der Waals surface area contributed by atoms with E-state index in [1.165, 1.54) is 0 Å². The largest absolute Gasteiger partial charge is 0.323 e. The quantitative estimate of drug-likeness (QED) is 0.736. The van der Waals surface area contributed by atoms with Crippen molar-refractivity contribution in [3.8, 4) is 0 Å². The molecule has 2 aromatic rings. The van der Waals surface area contributed by atoms with Gasteiger partial charge in [-0.2, -0.15) is 0 Å². The zero-order valence-corrected chi connectivity index (χ0v) is 13.8. The molecule has 7 nitrogen and oxygen atoms in total. The summed E-state index contributed by atoms with van der Waals surface area (Å²) in [6, 6.07) is 5.02. The van der Waals surface area contributed by atoms with Crippen LogP contribution in [0, 0.1) is 0 Å². The minimum Gasteiger partial charge on any atom is -0.323 e. The number of nitrogens with one attached hydrogen (secondary N) is 3. The summed E-state index contributed by atoms with van der Waals surface area (Å²) in [5, 5.41) is 8.57. The molecular formula is C16H15ClN4O3. The van der Waals surface area contributed by atoms with Crippen LogP contribution in [0.1, 0.15) is 37.4 Å². The Bertz CT molecular complexity index is 959.